The van der Waals surface area contributed by atoms with E-state index in [4.69, 9.17) is 4.74 Å². The Morgan fingerprint density at radius 1 is 1.05 bits per heavy atom. The second-order valence-corrected chi connectivity index (χ2v) is 6.24. The van der Waals surface area contributed by atoms with E-state index in [1.807, 2.05) is 18.2 Å². The molecule has 0 bridgehead atoms. The molecular weight excluding hydrogens is 393 g/mol. The third-order valence-corrected chi connectivity index (χ3v) is 3.48. The maximum atomic E-state index is 12.1. The van der Waals surface area contributed by atoms with E-state index in [9.17, 15) is 9.59 Å². The van der Waals surface area contributed by atoms with Gasteiger partial charge >= 0.3 is 5.97 Å². The van der Waals surface area contributed by atoms with Crippen LogP contribution in [-0.4, -0.2) is 18.0 Å². The summed E-state index contributed by atoms with van der Waals surface area (Å²) < 4.78 is 6.11. The summed E-state index contributed by atoms with van der Waals surface area (Å²) in [6.45, 7) is 3.60. The van der Waals surface area contributed by atoms with E-state index in [2.05, 4.69) is 27.9 Å². The van der Waals surface area contributed by atoms with Crippen LogP contribution in [0.5, 0.6) is 0 Å². The molecule has 0 saturated heterocycles. The number of esters is 1. The number of rotatable bonds is 4. The number of carbonyl (C=O) groups excluding carboxylic acids is 2. The summed E-state index contributed by atoms with van der Waals surface area (Å²) in [4.78, 5) is 23.9. The Labute approximate surface area is 143 Å². The number of hydrogen-bond acceptors (Lipinski definition) is 3. The van der Waals surface area contributed by atoms with Gasteiger partial charge in [-0.1, -0.05) is 6.07 Å². The van der Waals surface area contributed by atoms with Gasteiger partial charge in [0.25, 0.3) is 5.91 Å². The Kier molecular flexibility index (Phi) is 5.54. The van der Waals surface area contributed by atoms with Gasteiger partial charge in [-0.05, 0) is 78.9 Å². The van der Waals surface area contributed by atoms with Crippen LogP contribution in [0.15, 0.2) is 48.5 Å². The summed E-state index contributed by atoms with van der Waals surface area (Å²) in [6.07, 6.45) is -0.160. The van der Waals surface area contributed by atoms with Crippen LogP contribution in [0.25, 0.3) is 0 Å². The van der Waals surface area contributed by atoms with Gasteiger partial charge in [0.15, 0.2) is 0 Å². The summed E-state index contributed by atoms with van der Waals surface area (Å²) in [5, 5.41) is 2.80. The fourth-order valence-corrected chi connectivity index (χ4v) is 2.35. The van der Waals surface area contributed by atoms with Crippen LogP contribution in [-0.2, 0) is 4.74 Å². The molecule has 0 atom stereocenters. The van der Waals surface area contributed by atoms with Crippen molar-refractivity contribution in [1.82, 2.24) is 0 Å². The minimum Gasteiger partial charge on any atom is -0.459 e. The Morgan fingerprint density at radius 3 is 2.32 bits per heavy atom. The van der Waals surface area contributed by atoms with E-state index in [1.54, 1.807) is 44.2 Å². The van der Waals surface area contributed by atoms with Gasteiger partial charge in [-0.3, -0.25) is 4.79 Å². The molecule has 0 aliphatic rings. The van der Waals surface area contributed by atoms with E-state index in [-0.39, 0.29) is 18.0 Å². The number of amides is 1. The van der Waals surface area contributed by atoms with Crippen LogP contribution < -0.4 is 5.32 Å². The van der Waals surface area contributed by atoms with Gasteiger partial charge in [0.2, 0.25) is 0 Å². The first kappa shape index (κ1) is 16.5. The average Bonchev–Trinajstić information content (AvgIpc) is 2.47. The van der Waals surface area contributed by atoms with E-state index in [0.29, 0.717) is 16.8 Å². The Morgan fingerprint density at radius 2 is 1.73 bits per heavy atom. The average molecular weight is 409 g/mol. The molecule has 0 saturated carbocycles. The first-order valence-corrected chi connectivity index (χ1v) is 7.91. The molecule has 0 aliphatic carbocycles. The third-order valence-electron chi connectivity index (χ3n) is 2.81. The van der Waals surface area contributed by atoms with Gasteiger partial charge in [0.1, 0.15) is 0 Å². The summed E-state index contributed by atoms with van der Waals surface area (Å²) in [5.74, 6) is -0.554. The molecule has 5 heteroatoms. The largest absolute Gasteiger partial charge is 0.459 e. The number of halogens is 1. The lowest BCUT2D eigenvalue weighted by atomic mass is 10.2. The van der Waals surface area contributed by atoms with Crippen molar-refractivity contribution in [1.29, 1.82) is 0 Å². The number of anilines is 1. The van der Waals surface area contributed by atoms with Crippen molar-refractivity contribution in [2.75, 3.05) is 5.32 Å². The van der Waals surface area contributed by atoms with Gasteiger partial charge in [0.05, 0.1) is 11.7 Å². The number of carbonyl (C=O) groups is 2. The predicted molar refractivity (Wildman–Crippen MR) is 94.1 cm³/mol. The number of hydrogen-bond donors (Lipinski definition) is 1. The van der Waals surface area contributed by atoms with Crippen molar-refractivity contribution in [3.05, 3.63) is 63.2 Å². The zero-order valence-electron chi connectivity index (χ0n) is 12.3. The predicted octanol–water partition coefficient (Wildman–Crippen LogP) is 4.11. The summed E-state index contributed by atoms with van der Waals surface area (Å²) in [5.41, 5.74) is 1.68. The number of ether oxygens (including phenoxy) is 1. The summed E-state index contributed by atoms with van der Waals surface area (Å²) in [6, 6.07) is 14.0. The normalized spacial score (nSPS) is 10.4. The van der Waals surface area contributed by atoms with Crippen LogP contribution >= 0.6 is 22.6 Å². The van der Waals surface area contributed by atoms with Crippen LogP contribution in [0, 0.1) is 3.57 Å². The highest BCUT2D eigenvalue weighted by Gasteiger charge is 2.10. The molecule has 0 aliphatic heterocycles. The van der Waals surface area contributed by atoms with Crippen molar-refractivity contribution >= 4 is 40.2 Å². The minimum atomic E-state index is -0.370. The van der Waals surface area contributed by atoms with Crippen molar-refractivity contribution in [2.24, 2.45) is 0 Å². The van der Waals surface area contributed by atoms with Crippen LogP contribution in [0.1, 0.15) is 34.6 Å². The molecule has 2 aromatic rings. The SMILES string of the molecule is CC(C)OC(=O)c1ccc(NC(=O)c2cccc(I)c2)cc1. The lowest BCUT2D eigenvalue weighted by molar-refractivity contribution is 0.0378. The molecule has 0 heterocycles. The molecule has 0 fully saturated rings. The number of benzene rings is 2. The molecule has 1 N–H and O–H groups in total. The molecule has 22 heavy (non-hydrogen) atoms. The molecule has 0 unspecified atom stereocenters. The highest BCUT2D eigenvalue weighted by atomic mass is 127. The fourth-order valence-electron chi connectivity index (χ4n) is 1.80. The van der Waals surface area contributed by atoms with Gasteiger partial charge in [0, 0.05) is 14.8 Å². The van der Waals surface area contributed by atoms with E-state index in [0.717, 1.165) is 3.57 Å². The maximum Gasteiger partial charge on any atom is 0.338 e. The fraction of sp³-hybridized carbons (Fsp3) is 0.176. The first-order chi connectivity index (χ1) is 10.5. The van der Waals surface area contributed by atoms with Gasteiger partial charge < -0.3 is 10.1 Å². The van der Waals surface area contributed by atoms with E-state index in [1.165, 1.54) is 0 Å². The van der Waals surface area contributed by atoms with Crippen LogP contribution in [0.2, 0.25) is 0 Å². The van der Waals surface area contributed by atoms with Gasteiger partial charge in [-0.15, -0.1) is 0 Å². The molecule has 1 amide bonds. The van der Waals surface area contributed by atoms with Gasteiger partial charge in [-0.2, -0.15) is 0 Å². The molecule has 0 aromatic heterocycles. The van der Waals surface area contributed by atoms with Crippen LogP contribution in [0.4, 0.5) is 5.69 Å². The molecule has 114 valence electrons. The zero-order chi connectivity index (χ0) is 16.1. The van der Waals surface area contributed by atoms with Crippen molar-refractivity contribution in [3.8, 4) is 0 Å². The van der Waals surface area contributed by atoms with Crippen LogP contribution in [0.3, 0.4) is 0 Å². The smallest absolute Gasteiger partial charge is 0.338 e. The highest BCUT2D eigenvalue weighted by molar-refractivity contribution is 14.1. The Balaban J connectivity index is 2.05. The van der Waals surface area contributed by atoms with Crippen molar-refractivity contribution in [2.45, 2.75) is 20.0 Å². The molecule has 0 radical (unpaired) electrons. The summed E-state index contributed by atoms with van der Waals surface area (Å²) >= 11 is 2.16. The van der Waals surface area contributed by atoms with Crippen molar-refractivity contribution < 1.29 is 14.3 Å². The lowest BCUT2D eigenvalue weighted by Crippen LogP contribution is -2.13. The Bertz CT molecular complexity index is 681. The molecular formula is C17H16INO3. The Hall–Kier alpha value is -1.89. The van der Waals surface area contributed by atoms with Gasteiger partial charge in [-0.25, -0.2) is 4.79 Å². The minimum absolute atomic E-state index is 0.160. The highest BCUT2D eigenvalue weighted by Crippen LogP contribution is 2.14. The molecule has 2 aromatic carbocycles. The molecule has 0 spiro atoms. The van der Waals surface area contributed by atoms with E-state index >= 15 is 0 Å². The topological polar surface area (TPSA) is 55.4 Å². The standard InChI is InChI=1S/C17H16INO3/c1-11(2)22-17(21)12-6-8-15(9-7-12)19-16(20)13-4-3-5-14(18)10-13/h3-11H,1-2H3,(H,19,20). The zero-order valence-corrected chi connectivity index (χ0v) is 14.5. The first-order valence-electron chi connectivity index (χ1n) is 6.83. The third kappa shape index (κ3) is 4.56. The lowest BCUT2D eigenvalue weighted by Gasteiger charge is -2.09. The second-order valence-electron chi connectivity index (χ2n) is 5.00. The van der Waals surface area contributed by atoms with E-state index < -0.39 is 0 Å². The quantitative estimate of drug-likeness (QED) is 0.611. The van der Waals surface area contributed by atoms with Crippen molar-refractivity contribution in [3.63, 3.8) is 0 Å². The second kappa shape index (κ2) is 7.40. The molecule has 4 nitrogen and oxygen atoms in total. The number of nitrogens with one attached hydrogen (secondary N) is 1. The monoisotopic (exact) mass is 409 g/mol. The maximum absolute atomic E-state index is 12.1. The molecule has 2 rings (SSSR count). The summed E-state index contributed by atoms with van der Waals surface area (Å²) in [7, 11) is 0.